The standard InChI is InChI=1S/C13H14F2N2O4/c1-7-6-16(3-2-11(7)18)13(19)9-4-8(14)5-10(12(9)15)17(20)21/h4-5,7,11,18H,2-3,6H2,1H3. The largest absolute Gasteiger partial charge is 0.393 e. The van der Waals surface area contributed by atoms with Gasteiger partial charge in [-0.2, -0.15) is 4.39 Å². The number of hydrogen-bond acceptors (Lipinski definition) is 4. The SMILES string of the molecule is CC1CN(C(=O)c2cc(F)cc([N+](=O)[O-])c2F)CCC1O. The number of carbonyl (C=O) groups is 1. The van der Waals surface area contributed by atoms with Crippen molar-refractivity contribution in [1.29, 1.82) is 0 Å². The summed E-state index contributed by atoms with van der Waals surface area (Å²) in [4.78, 5) is 23.1. The monoisotopic (exact) mass is 300 g/mol. The number of nitrogens with zero attached hydrogens (tertiary/aromatic N) is 2. The number of benzene rings is 1. The van der Waals surface area contributed by atoms with Gasteiger partial charge in [0.1, 0.15) is 5.82 Å². The van der Waals surface area contributed by atoms with Crippen LogP contribution in [-0.4, -0.2) is 40.0 Å². The molecule has 0 aliphatic carbocycles. The van der Waals surface area contributed by atoms with Crippen molar-refractivity contribution in [2.24, 2.45) is 5.92 Å². The Morgan fingerprint density at radius 3 is 2.71 bits per heavy atom. The van der Waals surface area contributed by atoms with Crippen LogP contribution in [0.5, 0.6) is 0 Å². The van der Waals surface area contributed by atoms with Crippen LogP contribution in [0.1, 0.15) is 23.7 Å². The van der Waals surface area contributed by atoms with Crippen LogP contribution in [0, 0.1) is 27.7 Å². The molecule has 0 aromatic heterocycles. The Morgan fingerprint density at radius 1 is 1.48 bits per heavy atom. The van der Waals surface area contributed by atoms with Crippen molar-refractivity contribution in [2.45, 2.75) is 19.4 Å². The van der Waals surface area contributed by atoms with E-state index >= 15 is 0 Å². The maximum absolute atomic E-state index is 14.0. The number of aliphatic hydroxyl groups excluding tert-OH is 1. The molecular weight excluding hydrogens is 286 g/mol. The van der Waals surface area contributed by atoms with E-state index in [0.717, 1.165) is 0 Å². The van der Waals surface area contributed by atoms with Gasteiger partial charge in [0.2, 0.25) is 5.82 Å². The molecular formula is C13H14F2N2O4. The van der Waals surface area contributed by atoms with Crippen LogP contribution in [0.4, 0.5) is 14.5 Å². The molecule has 1 aliphatic rings. The number of halogens is 2. The first-order valence-electron chi connectivity index (χ1n) is 6.42. The summed E-state index contributed by atoms with van der Waals surface area (Å²) in [7, 11) is 0. The number of likely N-dealkylation sites (tertiary alicyclic amines) is 1. The van der Waals surface area contributed by atoms with Gasteiger partial charge in [0.15, 0.2) is 0 Å². The molecule has 1 heterocycles. The first-order valence-corrected chi connectivity index (χ1v) is 6.42. The van der Waals surface area contributed by atoms with E-state index in [1.807, 2.05) is 0 Å². The molecule has 0 spiro atoms. The molecule has 1 saturated heterocycles. The normalized spacial score (nSPS) is 22.2. The summed E-state index contributed by atoms with van der Waals surface area (Å²) in [6, 6.07) is 1.09. The lowest BCUT2D eigenvalue weighted by molar-refractivity contribution is -0.387. The number of carbonyl (C=O) groups excluding carboxylic acids is 1. The average Bonchev–Trinajstić information content (AvgIpc) is 2.43. The second-order valence-corrected chi connectivity index (χ2v) is 5.13. The van der Waals surface area contributed by atoms with E-state index in [1.54, 1.807) is 6.92 Å². The van der Waals surface area contributed by atoms with Crippen molar-refractivity contribution in [3.8, 4) is 0 Å². The number of piperidine rings is 1. The summed E-state index contributed by atoms with van der Waals surface area (Å²) >= 11 is 0. The van der Waals surface area contributed by atoms with Crippen LogP contribution >= 0.6 is 0 Å². The Balaban J connectivity index is 2.33. The molecule has 1 aromatic rings. The third-order valence-electron chi connectivity index (χ3n) is 3.59. The molecule has 6 nitrogen and oxygen atoms in total. The lowest BCUT2D eigenvalue weighted by Gasteiger charge is -2.34. The van der Waals surface area contributed by atoms with Crippen molar-refractivity contribution in [1.82, 2.24) is 4.90 Å². The average molecular weight is 300 g/mol. The maximum atomic E-state index is 14.0. The Labute approximate surface area is 119 Å². The zero-order chi connectivity index (χ0) is 15.7. The molecule has 2 unspecified atom stereocenters. The third-order valence-corrected chi connectivity index (χ3v) is 3.59. The quantitative estimate of drug-likeness (QED) is 0.666. The fraction of sp³-hybridized carbons (Fsp3) is 0.462. The summed E-state index contributed by atoms with van der Waals surface area (Å²) < 4.78 is 27.3. The fourth-order valence-corrected chi connectivity index (χ4v) is 2.35. The predicted octanol–water partition coefficient (Wildman–Crippen LogP) is 1.72. The Kier molecular flexibility index (Phi) is 4.17. The van der Waals surface area contributed by atoms with E-state index in [2.05, 4.69) is 0 Å². The van der Waals surface area contributed by atoms with Crippen molar-refractivity contribution in [3.05, 3.63) is 39.4 Å². The second-order valence-electron chi connectivity index (χ2n) is 5.13. The summed E-state index contributed by atoms with van der Waals surface area (Å²) in [5.41, 5.74) is -1.73. The van der Waals surface area contributed by atoms with Gasteiger partial charge in [-0.05, 0) is 18.4 Å². The number of aliphatic hydroxyl groups is 1. The summed E-state index contributed by atoms with van der Waals surface area (Å²) in [6.07, 6.45) is -0.230. The zero-order valence-electron chi connectivity index (χ0n) is 11.3. The summed E-state index contributed by atoms with van der Waals surface area (Å²) in [5.74, 6) is -3.40. The van der Waals surface area contributed by atoms with Gasteiger partial charge in [0.25, 0.3) is 5.91 Å². The molecule has 1 aliphatic heterocycles. The Hall–Kier alpha value is -2.09. The summed E-state index contributed by atoms with van der Waals surface area (Å²) in [5, 5.41) is 20.3. The number of amides is 1. The van der Waals surface area contributed by atoms with Crippen molar-refractivity contribution in [2.75, 3.05) is 13.1 Å². The molecule has 114 valence electrons. The van der Waals surface area contributed by atoms with E-state index in [1.165, 1.54) is 4.90 Å². The van der Waals surface area contributed by atoms with E-state index in [4.69, 9.17) is 0 Å². The van der Waals surface area contributed by atoms with E-state index in [9.17, 15) is 28.8 Å². The van der Waals surface area contributed by atoms with Gasteiger partial charge in [-0.15, -0.1) is 0 Å². The summed E-state index contributed by atoms with van der Waals surface area (Å²) in [6.45, 7) is 2.10. The smallest absolute Gasteiger partial charge is 0.308 e. The van der Waals surface area contributed by atoms with Crippen molar-refractivity contribution >= 4 is 11.6 Å². The minimum atomic E-state index is -1.34. The molecule has 1 amide bonds. The number of nitro benzene ring substituents is 1. The second kappa shape index (κ2) is 5.72. The molecule has 0 saturated carbocycles. The highest BCUT2D eigenvalue weighted by atomic mass is 19.1. The molecule has 2 rings (SSSR count). The number of nitro groups is 1. The zero-order valence-corrected chi connectivity index (χ0v) is 11.3. The lowest BCUT2D eigenvalue weighted by atomic mass is 9.96. The van der Waals surface area contributed by atoms with E-state index in [0.29, 0.717) is 18.6 Å². The fourth-order valence-electron chi connectivity index (χ4n) is 2.35. The third kappa shape index (κ3) is 2.99. The van der Waals surface area contributed by atoms with Crippen molar-refractivity contribution < 1.29 is 23.6 Å². The van der Waals surface area contributed by atoms with E-state index in [-0.39, 0.29) is 19.0 Å². The van der Waals surface area contributed by atoms with Gasteiger partial charge in [-0.25, -0.2) is 4.39 Å². The van der Waals surface area contributed by atoms with E-state index < -0.39 is 39.8 Å². The topological polar surface area (TPSA) is 83.7 Å². The molecule has 2 atom stereocenters. The number of hydrogen-bond donors (Lipinski definition) is 1. The highest BCUT2D eigenvalue weighted by Gasteiger charge is 2.31. The minimum absolute atomic E-state index is 0.184. The molecule has 1 fully saturated rings. The first-order chi connectivity index (χ1) is 9.81. The van der Waals surface area contributed by atoms with Crippen LogP contribution in [0.3, 0.4) is 0 Å². The minimum Gasteiger partial charge on any atom is -0.393 e. The molecule has 0 radical (unpaired) electrons. The highest BCUT2D eigenvalue weighted by molar-refractivity contribution is 5.95. The van der Waals surface area contributed by atoms with Crippen LogP contribution in [0.25, 0.3) is 0 Å². The molecule has 8 heteroatoms. The highest BCUT2D eigenvalue weighted by Crippen LogP contribution is 2.25. The Morgan fingerprint density at radius 2 is 2.14 bits per heavy atom. The lowest BCUT2D eigenvalue weighted by Crippen LogP contribution is -2.45. The van der Waals surface area contributed by atoms with Gasteiger partial charge in [0.05, 0.1) is 22.7 Å². The van der Waals surface area contributed by atoms with Crippen LogP contribution in [-0.2, 0) is 0 Å². The first kappa shape index (κ1) is 15.3. The van der Waals surface area contributed by atoms with Gasteiger partial charge in [-0.3, -0.25) is 14.9 Å². The molecule has 0 bridgehead atoms. The molecule has 21 heavy (non-hydrogen) atoms. The van der Waals surface area contributed by atoms with Gasteiger partial charge >= 0.3 is 5.69 Å². The van der Waals surface area contributed by atoms with Gasteiger partial charge < -0.3 is 10.0 Å². The Bertz CT molecular complexity index is 594. The van der Waals surface area contributed by atoms with Crippen molar-refractivity contribution in [3.63, 3.8) is 0 Å². The van der Waals surface area contributed by atoms with Gasteiger partial charge in [-0.1, -0.05) is 6.92 Å². The molecule has 1 N–H and O–H groups in total. The van der Waals surface area contributed by atoms with Crippen LogP contribution in [0.15, 0.2) is 12.1 Å². The number of rotatable bonds is 2. The van der Waals surface area contributed by atoms with Crippen LogP contribution in [0.2, 0.25) is 0 Å². The van der Waals surface area contributed by atoms with Gasteiger partial charge in [0, 0.05) is 13.1 Å². The predicted molar refractivity (Wildman–Crippen MR) is 68.7 cm³/mol. The molecule has 1 aromatic carbocycles. The maximum Gasteiger partial charge on any atom is 0.308 e. The van der Waals surface area contributed by atoms with Crippen LogP contribution < -0.4 is 0 Å².